The van der Waals surface area contributed by atoms with Crippen molar-refractivity contribution in [3.05, 3.63) is 106 Å². The molecule has 1 aliphatic rings. The van der Waals surface area contributed by atoms with Gasteiger partial charge in [0, 0.05) is 18.2 Å². The highest BCUT2D eigenvalue weighted by atomic mass is 35.5. The largest absolute Gasteiger partial charge is 0.416 e. The van der Waals surface area contributed by atoms with Crippen molar-refractivity contribution in [2.75, 3.05) is 17.3 Å². The zero-order valence-electron chi connectivity index (χ0n) is 20.3. The Hall–Kier alpha value is -4.67. The smallest absolute Gasteiger partial charge is 0.388 e. The average Bonchev–Trinajstić information content (AvgIpc) is 3.23. The fourth-order valence-electron chi connectivity index (χ4n) is 3.96. The topological polar surface area (TPSA) is 129 Å². The molecule has 3 aromatic carbocycles. The first-order chi connectivity index (χ1) is 18.8. The van der Waals surface area contributed by atoms with Crippen molar-refractivity contribution in [2.45, 2.75) is 6.17 Å². The number of aromatic amines is 1. The molecule has 0 fully saturated rings. The van der Waals surface area contributed by atoms with E-state index in [0.29, 0.717) is 11.4 Å². The second-order valence-corrected chi connectivity index (χ2v) is 9.13. The molecule has 5 rings (SSSR count). The van der Waals surface area contributed by atoms with Gasteiger partial charge in [-0.05, 0) is 18.2 Å². The molecular weight excluding hydrogens is 543 g/mol. The number of fused-ring (bicyclic) bond motifs is 1. The number of benzene rings is 3. The van der Waals surface area contributed by atoms with Crippen LogP contribution in [0.3, 0.4) is 0 Å². The number of carbonyl (C=O) groups is 3. The number of anilines is 2. The monoisotopic (exact) mass is 562 g/mol. The molecule has 2 heterocycles. The summed E-state index contributed by atoms with van der Waals surface area (Å²) in [6.45, 7) is 0. The van der Waals surface area contributed by atoms with E-state index in [9.17, 15) is 14.4 Å². The minimum absolute atomic E-state index is 0.00510. The van der Waals surface area contributed by atoms with E-state index < -0.39 is 24.1 Å². The summed E-state index contributed by atoms with van der Waals surface area (Å²) in [5.74, 6) is -1.34. The molecule has 0 aliphatic carbocycles. The minimum Gasteiger partial charge on any atom is -0.388 e. The molecule has 0 saturated heterocycles. The van der Waals surface area contributed by atoms with Gasteiger partial charge in [0.15, 0.2) is 5.82 Å². The van der Waals surface area contributed by atoms with Crippen LogP contribution in [0.2, 0.25) is 10.0 Å². The molecule has 3 amide bonds. The molecule has 12 heteroatoms. The Kier molecular flexibility index (Phi) is 7.31. The third-order valence-electron chi connectivity index (χ3n) is 5.87. The van der Waals surface area contributed by atoms with Crippen LogP contribution in [-0.4, -0.2) is 47.0 Å². The van der Waals surface area contributed by atoms with Crippen LogP contribution in [0.15, 0.2) is 83.9 Å². The van der Waals surface area contributed by atoms with Crippen LogP contribution in [0.4, 0.5) is 16.3 Å². The molecule has 4 aromatic rings. The molecule has 1 unspecified atom stereocenters. The predicted octanol–water partition coefficient (Wildman–Crippen LogP) is 4.90. The Bertz CT molecular complexity index is 1600. The number of likely N-dealkylation sites (N-methyl/N-ethyl adjacent to an activating group) is 1. The number of nitrogens with one attached hydrogen (secondary N) is 3. The number of aliphatic imine (C=N–C) groups is 1. The van der Waals surface area contributed by atoms with Gasteiger partial charge in [0.2, 0.25) is 6.17 Å². The number of rotatable bonds is 5. The van der Waals surface area contributed by atoms with Crippen LogP contribution in [-0.2, 0) is 4.79 Å². The summed E-state index contributed by atoms with van der Waals surface area (Å²) in [7, 11) is 1.60. The SMILES string of the molecule is CN1C(=O)C(NC(=O)Oc2n[nH]c(NC(=O)c3ccccc3Cl)c2Cl)N=C(c2ccccc2)c2ccccc21. The van der Waals surface area contributed by atoms with Crippen molar-refractivity contribution in [3.63, 3.8) is 0 Å². The zero-order valence-corrected chi connectivity index (χ0v) is 21.8. The standard InChI is InChI=1S/C27H20Cl2N6O4/c1-35-19-14-8-6-12-17(19)21(15-9-3-2-4-10-15)30-23(26(35)37)32-27(38)39-25-20(29)22(33-34-25)31-24(36)16-11-5-7-13-18(16)28/h2-14,23H,1H3,(H,32,38)(H2,31,33,34,36). The maximum Gasteiger partial charge on any atom is 0.416 e. The summed E-state index contributed by atoms with van der Waals surface area (Å²) < 4.78 is 5.24. The summed E-state index contributed by atoms with van der Waals surface area (Å²) in [5.41, 5.74) is 2.87. The summed E-state index contributed by atoms with van der Waals surface area (Å²) in [5, 5.41) is 11.4. The number of H-pyrrole nitrogens is 1. The summed E-state index contributed by atoms with van der Waals surface area (Å²) in [4.78, 5) is 44.6. The van der Waals surface area contributed by atoms with Gasteiger partial charge in [0.1, 0.15) is 5.02 Å². The van der Waals surface area contributed by atoms with E-state index in [1.807, 2.05) is 48.5 Å². The van der Waals surface area contributed by atoms with Crippen molar-refractivity contribution in [1.82, 2.24) is 15.5 Å². The third kappa shape index (κ3) is 5.33. The van der Waals surface area contributed by atoms with E-state index in [1.54, 1.807) is 31.3 Å². The number of nitrogens with zero attached hydrogens (tertiary/aromatic N) is 3. The first-order valence-corrected chi connectivity index (χ1v) is 12.4. The van der Waals surface area contributed by atoms with Crippen molar-refractivity contribution >= 4 is 58.3 Å². The van der Waals surface area contributed by atoms with Gasteiger partial charge in [0.25, 0.3) is 17.7 Å². The van der Waals surface area contributed by atoms with Gasteiger partial charge in [-0.25, -0.2) is 9.79 Å². The number of aromatic nitrogens is 2. The average molecular weight is 563 g/mol. The van der Waals surface area contributed by atoms with Crippen molar-refractivity contribution < 1.29 is 19.1 Å². The van der Waals surface area contributed by atoms with E-state index in [-0.39, 0.29) is 27.3 Å². The number of ether oxygens (including phenoxy) is 1. The highest BCUT2D eigenvalue weighted by Gasteiger charge is 2.32. The third-order valence-corrected chi connectivity index (χ3v) is 6.55. The normalized spacial score (nSPS) is 14.6. The Morgan fingerprint density at radius 3 is 2.44 bits per heavy atom. The molecule has 196 valence electrons. The Morgan fingerprint density at radius 2 is 1.67 bits per heavy atom. The van der Waals surface area contributed by atoms with E-state index in [1.165, 1.54) is 11.0 Å². The number of amides is 3. The second kappa shape index (κ2) is 11.0. The van der Waals surface area contributed by atoms with Crippen LogP contribution in [0, 0.1) is 0 Å². The Labute approximate surface area is 232 Å². The molecular formula is C27H20Cl2N6O4. The molecule has 1 atom stereocenters. The molecule has 0 bridgehead atoms. The van der Waals surface area contributed by atoms with Gasteiger partial charge in [-0.15, -0.1) is 5.10 Å². The van der Waals surface area contributed by atoms with Gasteiger partial charge in [-0.3, -0.25) is 20.0 Å². The second-order valence-electron chi connectivity index (χ2n) is 8.35. The van der Waals surface area contributed by atoms with E-state index in [2.05, 4.69) is 25.8 Å². The van der Waals surface area contributed by atoms with E-state index in [4.69, 9.17) is 27.9 Å². The maximum atomic E-state index is 13.3. The summed E-state index contributed by atoms with van der Waals surface area (Å²) >= 11 is 12.3. The van der Waals surface area contributed by atoms with Gasteiger partial charge >= 0.3 is 6.09 Å². The molecule has 10 nitrogen and oxygen atoms in total. The first kappa shape index (κ1) is 26.0. The van der Waals surface area contributed by atoms with Gasteiger partial charge in [0.05, 0.1) is 22.0 Å². The quantitative estimate of drug-likeness (QED) is 0.318. The Balaban J connectivity index is 1.36. The predicted molar refractivity (Wildman–Crippen MR) is 148 cm³/mol. The number of hydrogen-bond acceptors (Lipinski definition) is 6. The highest BCUT2D eigenvalue weighted by molar-refractivity contribution is 6.36. The lowest BCUT2D eigenvalue weighted by molar-refractivity contribution is -0.119. The number of hydrogen-bond donors (Lipinski definition) is 3. The van der Waals surface area contributed by atoms with E-state index >= 15 is 0 Å². The number of halogens is 2. The molecule has 1 aliphatic heterocycles. The van der Waals surface area contributed by atoms with E-state index in [0.717, 1.165) is 11.1 Å². The van der Waals surface area contributed by atoms with Crippen molar-refractivity contribution in [2.24, 2.45) is 4.99 Å². The molecule has 0 spiro atoms. The van der Waals surface area contributed by atoms with Gasteiger partial charge in [-0.2, -0.15) is 0 Å². The number of carbonyl (C=O) groups excluding carboxylic acids is 3. The molecule has 0 radical (unpaired) electrons. The molecule has 3 N–H and O–H groups in total. The molecule has 0 saturated carbocycles. The van der Waals surface area contributed by atoms with Crippen molar-refractivity contribution in [1.29, 1.82) is 0 Å². The van der Waals surface area contributed by atoms with Crippen molar-refractivity contribution in [3.8, 4) is 5.88 Å². The van der Waals surface area contributed by atoms with Gasteiger partial charge < -0.3 is 15.0 Å². The highest BCUT2D eigenvalue weighted by Crippen LogP contribution is 2.31. The lowest BCUT2D eigenvalue weighted by Gasteiger charge is -2.20. The number of para-hydroxylation sites is 1. The number of benzodiazepines with no additional fused rings is 1. The zero-order chi connectivity index (χ0) is 27.5. The van der Waals surface area contributed by atoms with Gasteiger partial charge in [-0.1, -0.05) is 83.9 Å². The minimum atomic E-state index is -1.30. The first-order valence-electron chi connectivity index (χ1n) is 11.6. The van der Waals surface area contributed by atoms with Crippen LogP contribution in [0.25, 0.3) is 0 Å². The fourth-order valence-corrected chi connectivity index (χ4v) is 4.35. The summed E-state index contributed by atoms with van der Waals surface area (Å²) in [6.07, 6.45) is -2.33. The van der Waals surface area contributed by atoms with Crippen LogP contribution >= 0.6 is 23.2 Å². The molecule has 39 heavy (non-hydrogen) atoms. The molecule has 1 aromatic heterocycles. The van der Waals surface area contributed by atoms with Crippen LogP contribution in [0.1, 0.15) is 21.5 Å². The van der Waals surface area contributed by atoms with Crippen LogP contribution < -0.4 is 20.3 Å². The lowest BCUT2D eigenvalue weighted by atomic mass is 10.0. The lowest BCUT2D eigenvalue weighted by Crippen LogP contribution is -2.47. The van der Waals surface area contributed by atoms with Crippen LogP contribution in [0.5, 0.6) is 5.88 Å². The maximum absolute atomic E-state index is 13.3. The Morgan fingerprint density at radius 1 is 0.974 bits per heavy atom. The fraction of sp³-hybridized carbons (Fsp3) is 0.0741. The summed E-state index contributed by atoms with van der Waals surface area (Å²) in [6, 6.07) is 23.1.